The Labute approximate surface area is 124 Å². The van der Waals surface area contributed by atoms with Gasteiger partial charge >= 0.3 is 0 Å². The molecule has 0 bridgehead atoms. The lowest BCUT2D eigenvalue weighted by Crippen LogP contribution is -2.36. The predicted octanol–water partition coefficient (Wildman–Crippen LogP) is 4.78. The van der Waals surface area contributed by atoms with E-state index >= 15 is 0 Å². The summed E-state index contributed by atoms with van der Waals surface area (Å²) in [5, 5.41) is 5.85. The SMILES string of the molecule is CC1CC(Nc2ccccc2-c2cccs2)CC(C)O1. The molecular weight excluding hydrogens is 266 g/mol. The highest BCUT2D eigenvalue weighted by Crippen LogP contribution is 2.33. The largest absolute Gasteiger partial charge is 0.382 e. The molecule has 2 heterocycles. The van der Waals surface area contributed by atoms with Crippen LogP contribution >= 0.6 is 11.3 Å². The summed E-state index contributed by atoms with van der Waals surface area (Å²) in [6.07, 6.45) is 2.82. The molecule has 106 valence electrons. The molecule has 2 atom stereocenters. The first-order valence-electron chi connectivity index (χ1n) is 7.27. The fourth-order valence-electron chi connectivity index (χ4n) is 3.00. The van der Waals surface area contributed by atoms with Gasteiger partial charge in [0.15, 0.2) is 0 Å². The summed E-state index contributed by atoms with van der Waals surface area (Å²) in [7, 11) is 0. The first-order valence-corrected chi connectivity index (χ1v) is 8.15. The van der Waals surface area contributed by atoms with Gasteiger partial charge in [0.1, 0.15) is 0 Å². The maximum absolute atomic E-state index is 5.82. The highest BCUT2D eigenvalue weighted by atomic mass is 32.1. The standard InChI is InChI=1S/C17H21NOS/c1-12-10-14(11-13(2)19-12)18-16-7-4-3-6-15(16)17-8-5-9-20-17/h3-9,12-14,18H,10-11H2,1-2H3. The van der Waals surface area contributed by atoms with Gasteiger partial charge in [-0.2, -0.15) is 0 Å². The molecule has 0 saturated carbocycles. The molecule has 1 N–H and O–H groups in total. The van der Waals surface area contributed by atoms with Crippen molar-refractivity contribution in [1.29, 1.82) is 0 Å². The molecule has 1 aliphatic heterocycles. The van der Waals surface area contributed by atoms with Gasteiger partial charge in [0, 0.05) is 22.2 Å². The van der Waals surface area contributed by atoms with E-state index in [0.29, 0.717) is 18.2 Å². The number of hydrogen-bond donors (Lipinski definition) is 1. The van der Waals surface area contributed by atoms with E-state index in [1.807, 2.05) is 0 Å². The number of rotatable bonds is 3. The Morgan fingerprint density at radius 3 is 2.50 bits per heavy atom. The van der Waals surface area contributed by atoms with Crippen molar-refractivity contribution in [1.82, 2.24) is 0 Å². The van der Waals surface area contributed by atoms with Crippen molar-refractivity contribution in [3.63, 3.8) is 0 Å². The molecule has 0 radical (unpaired) electrons. The molecule has 2 nitrogen and oxygen atoms in total. The van der Waals surface area contributed by atoms with E-state index in [0.717, 1.165) is 12.8 Å². The summed E-state index contributed by atoms with van der Waals surface area (Å²) >= 11 is 1.79. The van der Waals surface area contributed by atoms with Crippen molar-refractivity contribution in [2.75, 3.05) is 5.32 Å². The summed E-state index contributed by atoms with van der Waals surface area (Å²) in [6.45, 7) is 4.32. The average molecular weight is 287 g/mol. The summed E-state index contributed by atoms with van der Waals surface area (Å²) < 4.78 is 5.82. The first kappa shape index (κ1) is 13.7. The fourth-order valence-corrected chi connectivity index (χ4v) is 3.76. The van der Waals surface area contributed by atoms with Crippen LogP contribution in [-0.4, -0.2) is 18.2 Å². The second-order valence-electron chi connectivity index (χ2n) is 5.59. The zero-order valence-corrected chi connectivity index (χ0v) is 12.8. The number of thiophene rings is 1. The van der Waals surface area contributed by atoms with Gasteiger partial charge in [-0.3, -0.25) is 0 Å². The Hall–Kier alpha value is -1.32. The summed E-state index contributed by atoms with van der Waals surface area (Å²) in [5.74, 6) is 0. The van der Waals surface area contributed by atoms with E-state index in [2.05, 4.69) is 60.9 Å². The zero-order valence-electron chi connectivity index (χ0n) is 12.0. The van der Waals surface area contributed by atoms with Crippen LogP contribution in [0.2, 0.25) is 0 Å². The Balaban J connectivity index is 1.81. The fraction of sp³-hybridized carbons (Fsp3) is 0.412. The first-order chi connectivity index (χ1) is 9.72. The number of hydrogen-bond acceptors (Lipinski definition) is 3. The minimum absolute atomic E-state index is 0.338. The third-order valence-corrected chi connectivity index (χ3v) is 4.67. The van der Waals surface area contributed by atoms with Crippen molar-refractivity contribution in [3.05, 3.63) is 41.8 Å². The molecule has 1 aromatic carbocycles. The number of ether oxygens (including phenoxy) is 1. The molecule has 1 fully saturated rings. The van der Waals surface area contributed by atoms with E-state index < -0.39 is 0 Å². The molecule has 1 aromatic heterocycles. The Kier molecular flexibility index (Phi) is 4.08. The van der Waals surface area contributed by atoms with Crippen LogP contribution in [0, 0.1) is 0 Å². The predicted molar refractivity (Wildman–Crippen MR) is 86.4 cm³/mol. The van der Waals surface area contributed by atoms with Crippen molar-refractivity contribution in [3.8, 4) is 10.4 Å². The molecule has 2 unspecified atom stereocenters. The quantitative estimate of drug-likeness (QED) is 0.877. The summed E-state index contributed by atoms with van der Waals surface area (Å²) in [5.41, 5.74) is 2.54. The molecule has 0 amide bonds. The molecule has 0 aliphatic carbocycles. The van der Waals surface area contributed by atoms with E-state index in [1.165, 1.54) is 16.1 Å². The maximum atomic E-state index is 5.82. The summed E-state index contributed by atoms with van der Waals surface area (Å²) in [6, 6.07) is 13.4. The normalized spacial score (nSPS) is 26.4. The van der Waals surface area contributed by atoms with Gasteiger partial charge in [0.2, 0.25) is 0 Å². The lowest BCUT2D eigenvalue weighted by molar-refractivity contribution is -0.0337. The molecule has 20 heavy (non-hydrogen) atoms. The third kappa shape index (κ3) is 3.05. The minimum Gasteiger partial charge on any atom is -0.382 e. The molecule has 2 aromatic rings. The van der Waals surface area contributed by atoms with Crippen LogP contribution in [0.4, 0.5) is 5.69 Å². The van der Waals surface area contributed by atoms with Crippen molar-refractivity contribution < 1.29 is 4.74 Å². The summed E-state index contributed by atoms with van der Waals surface area (Å²) in [4.78, 5) is 1.32. The monoisotopic (exact) mass is 287 g/mol. The van der Waals surface area contributed by atoms with Gasteiger partial charge in [0.25, 0.3) is 0 Å². The Bertz CT molecular complexity index is 542. The lowest BCUT2D eigenvalue weighted by atomic mass is 9.99. The number of benzene rings is 1. The van der Waals surface area contributed by atoms with Gasteiger partial charge in [-0.15, -0.1) is 11.3 Å². The van der Waals surface area contributed by atoms with Gasteiger partial charge in [-0.25, -0.2) is 0 Å². The van der Waals surface area contributed by atoms with Crippen LogP contribution in [0.25, 0.3) is 10.4 Å². The highest BCUT2D eigenvalue weighted by Gasteiger charge is 2.24. The van der Waals surface area contributed by atoms with Gasteiger partial charge in [-0.1, -0.05) is 24.3 Å². The molecule has 3 heteroatoms. The molecule has 3 rings (SSSR count). The Morgan fingerprint density at radius 1 is 1.05 bits per heavy atom. The number of anilines is 1. The highest BCUT2D eigenvalue weighted by molar-refractivity contribution is 7.13. The van der Waals surface area contributed by atoms with Crippen LogP contribution in [0.3, 0.4) is 0 Å². The van der Waals surface area contributed by atoms with Crippen LogP contribution in [0.5, 0.6) is 0 Å². The van der Waals surface area contributed by atoms with Crippen LogP contribution in [0.1, 0.15) is 26.7 Å². The van der Waals surface area contributed by atoms with Crippen LogP contribution < -0.4 is 5.32 Å². The number of nitrogens with one attached hydrogen (secondary N) is 1. The van der Waals surface area contributed by atoms with Gasteiger partial charge in [-0.05, 0) is 44.2 Å². The van der Waals surface area contributed by atoms with E-state index in [4.69, 9.17) is 4.74 Å². The number of para-hydroxylation sites is 1. The maximum Gasteiger partial charge on any atom is 0.0570 e. The molecule has 1 saturated heterocycles. The molecule has 1 aliphatic rings. The molecular formula is C17H21NOS. The van der Waals surface area contributed by atoms with Crippen LogP contribution in [-0.2, 0) is 4.74 Å². The topological polar surface area (TPSA) is 21.3 Å². The zero-order chi connectivity index (χ0) is 13.9. The second kappa shape index (κ2) is 5.98. The van der Waals surface area contributed by atoms with E-state index in [1.54, 1.807) is 11.3 Å². The van der Waals surface area contributed by atoms with E-state index in [-0.39, 0.29) is 0 Å². The van der Waals surface area contributed by atoms with Crippen molar-refractivity contribution >= 4 is 17.0 Å². The minimum atomic E-state index is 0.338. The van der Waals surface area contributed by atoms with Crippen molar-refractivity contribution in [2.45, 2.75) is 44.9 Å². The molecule has 0 spiro atoms. The van der Waals surface area contributed by atoms with Crippen LogP contribution in [0.15, 0.2) is 41.8 Å². The van der Waals surface area contributed by atoms with Gasteiger partial charge in [0.05, 0.1) is 12.2 Å². The third-order valence-electron chi connectivity index (χ3n) is 3.77. The smallest absolute Gasteiger partial charge is 0.0570 e. The lowest BCUT2D eigenvalue weighted by Gasteiger charge is -2.33. The average Bonchev–Trinajstić information content (AvgIpc) is 2.92. The second-order valence-corrected chi connectivity index (χ2v) is 6.54. The van der Waals surface area contributed by atoms with Crippen molar-refractivity contribution in [2.24, 2.45) is 0 Å². The van der Waals surface area contributed by atoms with E-state index in [9.17, 15) is 0 Å². The van der Waals surface area contributed by atoms with Gasteiger partial charge < -0.3 is 10.1 Å². The Morgan fingerprint density at radius 2 is 1.80 bits per heavy atom.